The Labute approximate surface area is 77.0 Å². The van der Waals surface area contributed by atoms with Gasteiger partial charge in [-0.2, -0.15) is 0 Å². The summed E-state index contributed by atoms with van der Waals surface area (Å²) in [6.45, 7) is 3.95. The van der Waals surface area contributed by atoms with Gasteiger partial charge in [0.2, 0.25) is 0 Å². The molecule has 1 fully saturated rings. The van der Waals surface area contributed by atoms with Crippen LogP contribution >= 0.6 is 0 Å². The smallest absolute Gasteiger partial charge is 0.317 e. The molecule has 0 bridgehead atoms. The number of rotatable bonds is 1. The molecular weight excluding hydrogens is 166 g/mol. The summed E-state index contributed by atoms with van der Waals surface area (Å²) >= 11 is 0. The first-order valence-electron chi connectivity index (χ1n) is 4.76. The molecule has 0 saturated carbocycles. The summed E-state index contributed by atoms with van der Waals surface area (Å²) in [4.78, 5) is 14.2. The molecular formula is C9H15N3O. The fourth-order valence-electron chi connectivity index (χ4n) is 1.89. The Bertz CT molecular complexity index is 333. The van der Waals surface area contributed by atoms with Gasteiger partial charge >= 0.3 is 5.69 Å². The second-order valence-corrected chi connectivity index (χ2v) is 3.63. The molecule has 1 aliphatic rings. The van der Waals surface area contributed by atoms with E-state index in [-0.39, 0.29) is 5.69 Å². The molecule has 2 rings (SSSR count). The summed E-state index contributed by atoms with van der Waals surface area (Å²) in [5.74, 6) is 0. The lowest BCUT2D eigenvalue weighted by molar-refractivity contribution is 0.361. The van der Waals surface area contributed by atoms with E-state index in [0.717, 1.165) is 31.6 Å². The number of aryl methyl sites for hydroxylation is 1. The predicted octanol–water partition coefficient (Wildman–Crippen LogP) is 0.409. The largest absolute Gasteiger partial charge is 0.325 e. The molecule has 13 heavy (non-hydrogen) atoms. The minimum Gasteiger partial charge on any atom is -0.317 e. The average Bonchev–Trinajstić information content (AvgIpc) is 2.47. The number of aromatic amines is 1. The molecule has 4 heteroatoms. The van der Waals surface area contributed by atoms with Crippen LogP contribution in [0.1, 0.15) is 24.6 Å². The molecule has 0 aromatic carbocycles. The highest BCUT2D eigenvalue weighted by Crippen LogP contribution is 2.16. The SMILES string of the molecule is Cc1cn(C2CCNCC2)c(=O)[nH]1. The van der Waals surface area contributed by atoms with Crippen LogP contribution in [-0.4, -0.2) is 22.6 Å². The van der Waals surface area contributed by atoms with E-state index in [0.29, 0.717) is 6.04 Å². The molecule has 1 saturated heterocycles. The number of hydrogen-bond acceptors (Lipinski definition) is 2. The number of imidazole rings is 1. The highest BCUT2D eigenvalue weighted by molar-refractivity contribution is 4.95. The number of piperidine rings is 1. The fourth-order valence-corrected chi connectivity index (χ4v) is 1.89. The second kappa shape index (κ2) is 3.38. The molecule has 0 spiro atoms. The number of nitrogens with one attached hydrogen (secondary N) is 2. The van der Waals surface area contributed by atoms with E-state index in [1.54, 1.807) is 0 Å². The van der Waals surface area contributed by atoms with Crippen molar-refractivity contribution in [2.45, 2.75) is 25.8 Å². The Morgan fingerprint density at radius 2 is 2.15 bits per heavy atom. The third-order valence-electron chi connectivity index (χ3n) is 2.57. The van der Waals surface area contributed by atoms with Crippen molar-refractivity contribution in [3.63, 3.8) is 0 Å². The zero-order valence-corrected chi connectivity index (χ0v) is 7.84. The van der Waals surface area contributed by atoms with Gasteiger partial charge in [-0.15, -0.1) is 0 Å². The second-order valence-electron chi connectivity index (χ2n) is 3.63. The van der Waals surface area contributed by atoms with Crippen LogP contribution in [0.15, 0.2) is 11.0 Å². The van der Waals surface area contributed by atoms with Crippen LogP contribution in [0.2, 0.25) is 0 Å². The lowest BCUT2D eigenvalue weighted by Gasteiger charge is -2.22. The van der Waals surface area contributed by atoms with E-state index in [1.807, 2.05) is 17.7 Å². The third kappa shape index (κ3) is 1.67. The standard InChI is InChI=1S/C9H15N3O/c1-7-6-12(9(13)11-7)8-2-4-10-5-3-8/h6,8,10H,2-5H2,1H3,(H,11,13). The van der Waals surface area contributed by atoms with Gasteiger partial charge in [-0.25, -0.2) is 4.79 Å². The van der Waals surface area contributed by atoms with Crippen molar-refractivity contribution in [1.29, 1.82) is 0 Å². The first-order chi connectivity index (χ1) is 6.27. The molecule has 1 aromatic heterocycles. The van der Waals surface area contributed by atoms with Crippen LogP contribution in [0.4, 0.5) is 0 Å². The maximum atomic E-state index is 11.4. The number of hydrogen-bond donors (Lipinski definition) is 2. The molecule has 0 atom stereocenters. The highest BCUT2D eigenvalue weighted by atomic mass is 16.1. The fraction of sp³-hybridized carbons (Fsp3) is 0.667. The Kier molecular flexibility index (Phi) is 2.22. The van der Waals surface area contributed by atoms with Crippen LogP contribution in [0.25, 0.3) is 0 Å². The Balaban J connectivity index is 2.23. The molecule has 0 radical (unpaired) electrons. The number of H-pyrrole nitrogens is 1. The predicted molar refractivity (Wildman–Crippen MR) is 50.9 cm³/mol. The van der Waals surface area contributed by atoms with E-state index < -0.39 is 0 Å². The molecule has 1 aliphatic heterocycles. The summed E-state index contributed by atoms with van der Waals surface area (Å²) in [6.07, 6.45) is 4.02. The Morgan fingerprint density at radius 3 is 2.69 bits per heavy atom. The van der Waals surface area contributed by atoms with Gasteiger partial charge in [0.25, 0.3) is 0 Å². The molecule has 2 heterocycles. The molecule has 0 aliphatic carbocycles. The molecule has 0 unspecified atom stereocenters. The topological polar surface area (TPSA) is 49.8 Å². The van der Waals surface area contributed by atoms with Gasteiger partial charge in [-0.3, -0.25) is 4.57 Å². The van der Waals surface area contributed by atoms with Crippen LogP contribution in [-0.2, 0) is 0 Å². The van der Waals surface area contributed by atoms with Crippen LogP contribution < -0.4 is 11.0 Å². The quantitative estimate of drug-likeness (QED) is 0.659. The minimum atomic E-state index is 0.0319. The number of aromatic nitrogens is 2. The summed E-state index contributed by atoms with van der Waals surface area (Å²) < 4.78 is 1.83. The van der Waals surface area contributed by atoms with Crippen molar-refractivity contribution in [2.24, 2.45) is 0 Å². The molecule has 0 amide bonds. The lowest BCUT2D eigenvalue weighted by atomic mass is 10.1. The summed E-state index contributed by atoms with van der Waals surface area (Å²) in [7, 11) is 0. The van der Waals surface area contributed by atoms with Gasteiger partial charge in [0.15, 0.2) is 0 Å². The van der Waals surface area contributed by atoms with Crippen molar-refractivity contribution in [2.75, 3.05) is 13.1 Å². The van der Waals surface area contributed by atoms with E-state index in [1.165, 1.54) is 0 Å². The van der Waals surface area contributed by atoms with E-state index in [9.17, 15) is 4.79 Å². The summed E-state index contributed by atoms with van der Waals surface area (Å²) in [6, 6.07) is 0.388. The summed E-state index contributed by atoms with van der Waals surface area (Å²) in [5.41, 5.74) is 0.980. The highest BCUT2D eigenvalue weighted by Gasteiger charge is 2.16. The average molecular weight is 181 g/mol. The first-order valence-corrected chi connectivity index (χ1v) is 4.76. The van der Waals surface area contributed by atoms with Gasteiger partial charge in [-0.05, 0) is 32.9 Å². The van der Waals surface area contributed by atoms with Crippen molar-refractivity contribution < 1.29 is 0 Å². The van der Waals surface area contributed by atoms with Crippen LogP contribution in [0.3, 0.4) is 0 Å². The molecule has 72 valence electrons. The van der Waals surface area contributed by atoms with Crippen LogP contribution in [0.5, 0.6) is 0 Å². The monoisotopic (exact) mass is 181 g/mol. The van der Waals surface area contributed by atoms with Gasteiger partial charge in [0.05, 0.1) is 0 Å². The zero-order chi connectivity index (χ0) is 9.26. The first kappa shape index (κ1) is 8.56. The Hall–Kier alpha value is -1.03. The van der Waals surface area contributed by atoms with E-state index in [4.69, 9.17) is 0 Å². The van der Waals surface area contributed by atoms with Crippen molar-refractivity contribution in [3.05, 3.63) is 22.4 Å². The van der Waals surface area contributed by atoms with Crippen molar-refractivity contribution in [3.8, 4) is 0 Å². The van der Waals surface area contributed by atoms with Gasteiger partial charge in [-0.1, -0.05) is 0 Å². The minimum absolute atomic E-state index is 0.0319. The van der Waals surface area contributed by atoms with E-state index in [2.05, 4.69) is 10.3 Å². The van der Waals surface area contributed by atoms with Gasteiger partial charge < -0.3 is 10.3 Å². The lowest BCUT2D eigenvalue weighted by Crippen LogP contribution is -2.32. The maximum absolute atomic E-state index is 11.4. The van der Waals surface area contributed by atoms with Gasteiger partial charge in [0, 0.05) is 17.9 Å². The normalized spacial score (nSPS) is 19.2. The van der Waals surface area contributed by atoms with Crippen molar-refractivity contribution >= 4 is 0 Å². The number of nitrogens with zero attached hydrogens (tertiary/aromatic N) is 1. The van der Waals surface area contributed by atoms with E-state index >= 15 is 0 Å². The molecule has 1 aromatic rings. The van der Waals surface area contributed by atoms with Crippen LogP contribution in [0, 0.1) is 6.92 Å². The zero-order valence-electron chi connectivity index (χ0n) is 7.84. The Morgan fingerprint density at radius 1 is 1.46 bits per heavy atom. The maximum Gasteiger partial charge on any atom is 0.325 e. The van der Waals surface area contributed by atoms with Gasteiger partial charge in [0.1, 0.15) is 0 Å². The molecule has 2 N–H and O–H groups in total. The third-order valence-corrected chi connectivity index (χ3v) is 2.57. The van der Waals surface area contributed by atoms with Crippen molar-refractivity contribution in [1.82, 2.24) is 14.9 Å². The summed E-state index contributed by atoms with van der Waals surface area (Å²) in [5, 5.41) is 3.29. The molecule has 4 nitrogen and oxygen atoms in total.